The molecule has 0 bridgehead atoms. The molecule has 0 radical (unpaired) electrons. The second kappa shape index (κ2) is 63.5. The highest BCUT2D eigenvalue weighted by molar-refractivity contribution is 7.47. The molecule has 0 aromatic heterocycles. The summed E-state index contributed by atoms with van der Waals surface area (Å²) in [6, 6.07) is 0. The summed E-state index contributed by atoms with van der Waals surface area (Å²) < 4.78 is 68.4. The molecule has 0 aliphatic rings. The fourth-order valence-electron chi connectivity index (χ4n) is 11.2. The van der Waals surface area contributed by atoms with Crippen LogP contribution >= 0.6 is 15.6 Å². The van der Waals surface area contributed by atoms with E-state index in [-0.39, 0.29) is 25.7 Å². The number of hydrogen-bond acceptors (Lipinski definition) is 15. The molecule has 0 rings (SSSR count). The average molecular weight is 1370 g/mol. The van der Waals surface area contributed by atoms with E-state index in [0.717, 1.165) is 115 Å². The van der Waals surface area contributed by atoms with E-state index < -0.39 is 97.5 Å². The van der Waals surface area contributed by atoms with E-state index in [4.69, 9.17) is 37.0 Å². The summed E-state index contributed by atoms with van der Waals surface area (Å²) in [6.07, 6.45) is 47.4. The SMILES string of the molecule is CC(C)CCCCCCCCCCCCCCCCCC(=O)O[C@H](COC(=O)CCCCCCCCCC(C)C)COP(=O)(O)OCC(O)COP(=O)(O)OC[C@@H](COC(=O)CCCCCCCCCC(C)C)OC(=O)CCCCCCCCCCCCCCC(C)C. The summed E-state index contributed by atoms with van der Waals surface area (Å²) in [5, 5.41) is 10.6. The summed E-state index contributed by atoms with van der Waals surface area (Å²) in [5.74, 6) is 0.864. The zero-order chi connectivity index (χ0) is 68.9. The number of ether oxygens (including phenoxy) is 4. The van der Waals surface area contributed by atoms with Gasteiger partial charge in [-0.3, -0.25) is 37.3 Å². The summed E-state index contributed by atoms with van der Waals surface area (Å²) in [4.78, 5) is 72.7. The molecule has 0 heterocycles. The summed E-state index contributed by atoms with van der Waals surface area (Å²) in [6.45, 7) is 14.1. The van der Waals surface area contributed by atoms with E-state index in [2.05, 4.69) is 55.4 Å². The molecule has 5 atom stereocenters. The average Bonchev–Trinajstić information content (AvgIpc) is 2.80. The van der Waals surface area contributed by atoms with Crippen LogP contribution in [0.5, 0.6) is 0 Å². The molecule has 0 fully saturated rings. The van der Waals surface area contributed by atoms with Crippen LogP contribution in [0, 0.1) is 23.7 Å². The molecule has 0 aliphatic heterocycles. The minimum absolute atomic E-state index is 0.106. The number of unbranched alkanes of at least 4 members (excludes halogenated alkanes) is 37. The van der Waals surface area contributed by atoms with Gasteiger partial charge < -0.3 is 33.8 Å². The Bertz CT molecular complexity index is 1830. The minimum atomic E-state index is -4.95. The molecule has 552 valence electrons. The monoisotopic (exact) mass is 1370 g/mol. The van der Waals surface area contributed by atoms with Crippen LogP contribution in [-0.4, -0.2) is 96.7 Å². The lowest BCUT2D eigenvalue weighted by molar-refractivity contribution is -0.161. The lowest BCUT2D eigenvalue weighted by atomic mass is 10.0. The number of rotatable bonds is 71. The predicted molar refractivity (Wildman–Crippen MR) is 377 cm³/mol. The zero-order valence-electron chi connectivity index (χ0n) is 60.9. The molecule has 0 saturated heterocycles. The van der Waals surface area contributed by atoms with Crippen molar-refractivity contribution >= 4 is 39.5 Å². The Morgan fingerprint density at radius 3 is 0.667 bits per heavy atom. The van der Waals surface area contributed by atoms with Crippen LogP contribution in [0.25, 0.3) is 0 Å². The number of aliphatic hydroxyl groups is 1. The highest BCUT2D eigenvalue weighted by Crippen LogP contribution is 2.45. The summed E-state index contributed by atoms with van der Waals surface area (Å²) in [5.41, 5.74) is 0. The molecule has 0 aromatic rings. The smallest absolute Gasteiger partial charge is 0.462 e. The van der Waals surface area contributed by atoms with Crippen molar-refractivity contribution < 1.29 is 80.2 Å². The first-order valence-corrected chi connectivity index (χ1v) is 41.2. The largest absolute Gasteiger partial charge is 0.472 e. The molecular weight excluding hydrogens is 1220 g/mol. The maximum Gasteiger partial charge on any atom is 0.472 e. The van der Waals surface area contributed by atoms with Gasteiger partial charge in [-0.25, -0.2) is 9.13 Å². The first kappa shape index (κ1) is 91.1. The molecule has 19 heteroatoms. The second-order valence-electron chi connectivity index (χ2n) is 28.6. The first-order valence-electron chi connectivity index (χ1n) is 38.2. The van der Waals surface area contributed by atoms with Crippen molar-refractivity contribution in [2.45, 2.75) is 388 Å². The molecular formula is C74H144O17P2. The Kier molecular flexibility index (Phi) is 62.2. The molecule has 3 N–H and O–H groups in total. The van der Waals surface area contributed by atoms with Gasteiger partial charge in [-0.1, -0.05) is 319 Å². The molecule has 3 unspecified atom stereocenters. The molecule has 17 nitrogen and oxygen atoms in total. The van der Waals surface area contributed by atoms with Gasteiger partial charge in [0.1, 0.15) is 19.3 Å². The molecule has 93 heavy (non-hydrogen) atoms. The first-order chi connectivity index (χ1) is 44.6. The maximum atomic E-state index is 13.0. The molecule has 0 aromatic carbocycles. The van der Waals surface area contributed by atoms with Gasteiger partial charge in [0.25, 0.3) is 0 Å². The van der Waals surface area contributed by atoms with Gasteiger partial charge in [0.05, 0.1) is 26.4 Å². The lowest BCUT2D eigenvalue weighted by Gasteiger charge is -2.21. The highest BCUT2D eigenvalue weighted by atomic mass is 31.2. The van der Waals surface area contributed by atoms with E-state index >= 15 is 0 Å². The van der Waals surface area contributed by atoms with Crippen molar-refractivity contribution in [2.24, 2.45) is 23.7 Å². The number of phosphoric acid groups is 2. The van der Waals surface area contributed by atoms with Crippen LogP contribution in [-0.2, 0) is 65.4 Å². The van der Waals surface area contributed by atoms with Gasteiger partial charge in [0, 0.05) is 25.7 Å². The number of phosphoric ester groups is 2. The Morgan fingerprint density at radius 1 is 0.269 bits per heavy atom. The maximum absolute atomic E-state index is 13.0. The van der Waals surface area contributed by atoms with Crippen LogP contribution in [0.1, 0.15) is 370 Å². The van der Waals surface area contributed by atoms with E-state index in [1.54, 1.807) is 0 Å². The Morgan fingerprint density at radius 2 is 0.452 bits per heavy atom. The zero-order valence-corrected chi connectivity index (χ0v) is 62.7. The van der Waals surface area contributed by atoms with Crippen molar-refractivity contribution in [1.82, 2.24) is 0 Å². The fourth-order valence-corrected chi connectivity index (χ4v) is 12.8. The Hall–Kier alpha value is -1.94. The normalized spacial score (nSPS) is 14.2. The van der Waals surface area contributed by atoms with E-state index in [1.165, 1.54) is 161 Å². The van der Waals surface area contributed by atoms with Gasteiger partial charge in [-0.15, -0.1) is 0 Å². The van der Waals surface area contributed by atoms with Gasteiger partial charge in [0.15, 0.2) is 12.2 Å². The van der Waals surface area contributed by atoms with Crippen molar-refractivity contribution in [3.05, 3.63) is 0 Å². The third-order valence-corrected chi connectivity index (χ3v) is 19.0. The van der Waals surface area contributed by atoms with Crippen LogP contribution in [0.3, 0.4) is 0 Å². The van der Waals surface area contributed by atoms with E-state index in [0.29, 0.717) is 37.5 Å². The number of aliphatic hydroxyl groups excluding tert-OH is 1. The van der Waals surface area contributed by atoms with E-state index in [1.807, 2.05) is 0 Å². The second-order valence-corrected chi connectivity index (χ2v) is 31.5. The van der Waals surface area contributed by atoms with Crippen molar-refractivity contribution in [1.29, 1.82) is 0 Å². The highest BCUT2D eigenvalue weighted by Gasteiger charge is 2.30. The van der Waals surface area contributed by atoms with Gasteiger partial charge in [-0.05, 0) is 49.4 Å². The lowest BCUT2D eigenvalue weighted by Crippen LogP contribution is -2.30. The van der Waals surface area contributed by atoms with Crippen molar-refractivity contribution in [2.75, 3.05) is 39.6 Å². The van der Waals surface area contributed by atoms with Gasteiger partial charge >= 0.3 is 39.5 Å². The van der Waals surface area contributed by atoms with E-state index in [9.17, 15) is 43.2 Å². The van der Waals surface area contributed by atoms with Gasteiger partial charge in [-0.2, -0.15) is 0 Å². The fraction of sp³-hybridized carbons (Fsp3) is 0.946. The predicted octanol–water partition coefficient (Wildman–Crippen LogP) is 21.3. The Labute approximate surface area is 568 Å². The van der Waals surface area contributed by atoms with Gasteiger partial charge in [0.2, 0.25) is 0 Å². The topological polar surface area (TPSA) is 237 Å². The Balaban J connectivity index is 5.22. The number of esters is 4. The van der Waals surface area contributed by atoms with Crippen molar-refractivity contribution in [3.63, 3.8) is 0 Å². The van der Waals surface area contributed by atoms with Crippen molar-refractivity contribution in [3.8, 4) is 0 Å². The quantitative estimate of drug-likeness (QED) is 0.0222. The number of hydrogen-bond donors (Lipinski definition) is 3. The van der Waals surface area contributed by atoms with Crippen LogP contribution in [0.4, 0.5) is 0 Å². The van der Waals surface area contributed by atoms with Crippen LogP contribution in [0.2, 0.25) is 0 Å². The summed E-state index contributed by atoms with van der Waals surface area (Å²) in [7, 11) is -9.91. The molecule has 0 saturated carbocycles. The third-order valence-electron chi connectivity index (χ3n) is 17.1. The summed E-state index contributed by atoms with van der Waals surface area (Å²) >= 11 is 0. The molecule has 0 aliphatic carbocycles. The minimum Gasteiger partial charge on any atom is -0.462 e. The van der Waals surface area contributed by atoms with Crippen LogP contribution < -0.4 is 0 Å². The number of carbonyl (C=O) groups is 4. The number of carbonyl (C=O) groups excluding carboxylic acids is 4. The van der Waals surface area contributed by atoms with Crippen LogP contribution in [0.15, 0.2) is 0 Å². The molecule has 0 spiro atoms. The molecule has 0 amide bonds. The standard InChI is InChI=1S/C74H144O17P2/c1-64(2)50-42-34-26-20-16-12-10-9-11-13-18-22-30-40-48-56-73(78)90-69(60-84-71(76)54-46-38-32-24-28-36-44-52-66(5)6)62-88-92(80,81)86-58-68(75)59-87-93(82,83)89-63-70(61-85-72(77)55-47-39-33-25-29-37-45-53-67(7)8)91-74(79)57-49-41-31-23-19-15-14-17-21-27-35-43-51-65(3)4/h64-70,75H,9-63H2,1-8H3,(H,80,81)(H,82,83)/t68?,69-,70-/m1/s1. The third kappa shape index (κ3) is 68.4.